The Balaban J connectivity index is 2.13. The van der Waals surface area contributed by atoms with Gasteiger partial charge < -0.3 is 4.90 Å². The third-order valence-electron chi connectivity index (χ3n) is 2.78. The van der Waals surface area contributed by atoms with Crippen molar-refractivity contribution in [3.05, 3.63) is 34.8 Å². The summed E-state index contributed by atoms with van der Waals surface area (Å²) >= 11 is 1.41. The van der Waals surface area contributed by atoms with Gasteiger partial charge in [-0.3, -0.25) is 10.1 Å². The van der Waals surface area contributed by atoms with Crippen molar-refractivity contribution >= 4 is 28.1 Å². The average molecular weight is 290 g/mol. The minimum atomic E-state index is -0.167. The molecule has 0 aliphatic heterocycles. The zero-order chi connectivity index (χ0) is 14.7. The van der Waals surface area contributed by atoms with E-state index >= 15 is 0 Å². The van der Waals surface area contributed by atoms with Gasteiger partial charge in [-0.05, 0) is 18.2 Å². The van der Waals surface area contributed by atoms with Crippen molar-refractivity contribution in [2.24, 2.45) is 0 Å². The molecule has 0 bridgehead atoms. The summed E-state index contributed by atoms with van der Waals surface area (Å²) in [5.74, 6) is 0.148. The molecular weight excluding hydrogens is 272 g/mol. The van der Waals surface area contributed by atoms with E-state index in [-0.39, 0.29) is 5.91 Å². The van der Waals surface area contributed by atoms with E-state index in [1.54, 1.807) is 6.07 Å². The first kappa shape index (κ1) is 14.5. The molecule has 6 heteroatoms. The SMILES string of the molecule is CC(C)c1nnc(NC(=O)c2cccc(N(C)C)c2)s1. The monoisotopic (exact) mass is 290 g/mol. The Kier molecular flexibility index (Phi) is 4.34. The Bertz CT molecular complexity index is 607. The standard InChI is InChI=1S/C14H18N4OS/c1-9(2)13-16-17-14(20-13)15-12(19)10-6-5-7-11(8-10)18(3)4/h5-9H,1-4H3,(H,15,17,19). The summed E-state index contributed by atoms with van der Waals surface area (Å²) in [6.07, 6.45) is 0. The molecular formula is C14H18N4OS. The minimum Gasteiger partial charge on any atom is -0.378 e. The molecule has 1 aromatic heterocycles. The lowest BCUT2D eigenvalue weighted by Crippen LogP contribution is -2.14. The predicted molar refractivity (Wildman–Crippen MR) is 82.7 cm³/mol. The van der Waals surface area contributed by atoms with Gasteiger partial charge in [-0.15, -0.1) is 10.2 Å². The molecule has 0 aliphatic carbocycles. The summed E-state index contributed by atoms with van der Waals surface area (Å²) in [4.78, 5) is 14.1. The fourth-order valence-corrected chi connectivity index (χ4v) is 2.35. The lowest BCUT2D eigenvalue weighted by molar-refractivity contribution is 0.102. The van der Waals surface area contributed by atoms with E-state index in [9.17, 15) is 4.79 Å². The van der Waals surface area contributed by atoms with Crippen molar-refractivity contribution in [2.75, 3.05) is 24.3 Å². The van der Waals surface area contributed by atoms with Crippen molar-refractivity contribution in [3.8, 4) is 0 Å². The van der Waals surface area contributed by atoms with Crippen LogP contribution in [0.25, 0.3) is 0 Å². The van der Waals surface area contributed by atoms with E-state index in [1.807, 2.05) is 51.0 Å². The van der Waals surface area contributed by atoms with Gasteiger partial charge in [0.2, 0.25) is 5.13 Å². The number of anilines is 2. The van der Waals surface area contributed by atoms with E-state index < -0.39 is 0 Å². The molecule has 1 heterocycles. The second-order valence-corrected chi connectivity index (χ2v) is 6.01. The minimum absolute atomic E-state index is 0.167. The van der Waals surface area contributed by atoms with Crippen LogP contribution in [0.1, 0.15) is 35.1 Å². The van der Waals surface area contributed by atoms with Crippen molar-refractivity contribution < 1.29 is 4.79 Å². The third kappa shape index (κ3) is 3.33. The van der Waals surface area contributed by atoms with Crippen LogP contribution in [0.3, 0.4) is 0 Å². The number of amides is 1. The number of hydrogen-bond donors (Lipinski definition) is 1. The lowest BCUT2D eigenvalue weighted by atomic mass is 10.2. The van der Waals surface area contributed by atoms with Gasteiger partial charge in [0.1, 0.15) is 5.01 Å². The van der Waals surface area contributed by atoms with E-state index in [2.05, 4.69) is 15.5 Å². The van der Waals surface area contributed by atoms with E-state index in [1.165, 1.54) is 11.3 Å². The molecule has 0 radical (unpaired) electrons. The molecule has 5 nitrogen and oxygen atoms in total. The van der Waals surface area contributed by atoms with Gasteiger partial charge in [-0.2, -0.15) is 0 Å². The smallest absolute Gasteiger partial charge is 0.257 e. The van der Waals surface area contributed by atoms with Crippen LogP contribution in [-0.2, 0) is 0 Å². The van der Waals surface area contributed by atoms with E-state index in [0.717, 1.165) is 10.7 Å². The number of carbonyl (C=O) groups is 1. The lowest BCUT2D eigenvalue weighted by Gasteiger charge is -2.13. The topological polar surface area (TPSA) is 58.1 Å². The maximum atomic E-state index is 12.2. The molecule has 20 heavy (non-hydrogen) atoms. The van der Waals surface area contributed by atoms with E-state index in [4.69, 9.17) is 0 Å². The second-order valence-electron chi connectivity index (χ2n) is 5.00. The molecule has 2 rings (SSSR count). The number of benzene rings is 1. The first-order valence-electron chi connectivity index (χ1n) is 6.39. The molecule has 0 saturated heterocycles. The molecule has 1 N–H and O–H groups in total. The first-order chi connectivity index (χ1) is 9.47. The molecule has 0 fully saturated rings. The van der Waals surface area contributed by atoms with Crippen LogP contribution in [0.5, 0.6) is 0 Å². The number of hydrogen-bond acceptors (Lipinski definition) is 5. The number of nitrogens with zero attached hydrogens (tertiary/aromatic N) is 3. The van der Waals surface area contributed by atoms with Crippen LogP contribution in [0, 0.1) is 0 Å². The van der Waals surface area contributed by atoms with Crippen LogP contribution in [-0.4, -0.2) is 30.2 Å². The van der Waals surface area contributed by atoms with Crippen LogP contribution >= 0.6 is 11.3 Å². The highest BCUT2D eigenvalue weighted by atomic mass is 32.1. The zero-order valence-corrected chi connectivity index (χ0v) is 12.9. The highest BCUT2D eigenvalue weighted by Gasteiger charge is 2.12. The molecule has 0 aliphatic rings. The van der Waals surface area contributed by atoms with Crippen LogP contribution in [0.2, 0.25) is 0 Å². The highest BCUT2D eigenvalue weighted by Crippen LogP contribution is 2.23. The fourth-order valence-electron chi connectivity index (χ4n) is 1.61. The summed E-state index contributed by atoms with van der Waals surface area (Å²) in [5.41, 5.74) is 1.59. The Hall–Kier alpha value is -1.95. The fraction of sp³-hybridized carbons (Fsp3) is 0.357. The van der Waals surface area contributed by atoms with Gasteiger partial charge in [0, 0.05) is 31.3 Å². The summed E-state index contributed by atoms with van der Waals surface area (Å²) in [6.45, 7) is 4.10. The summed E-state index contributed by atoms with van der Waals surface area (Å²) in [7, 11) is 3.88. The van der Waals surface area contributed by atoms with Gasteiger partial charge in [0.25, 0.3) is 5.91 Å². The van der Waals surface area contributed by atoms with Gasteiger partial charge in [0.05, 0.1) is 0 Å². The molecule has 2 aromatic rings. The maximum absolute atomic E-state index is 12.2. The van der Waals surface area contributed by atoms with Crippen molar-refractivity contribution in [2.45, 2.75) is 19.8 Å². The number of rotatable bonds is 4. The molecule has 0 unspecified atom stereocenters. The summed E-state index contributed by atoms with van der Waals surface area (Å²) in [5, 5.41) is 12.3. The predicted octanol–water partition coefficient (Wildman–Crippen LogP) is 2.98. The maximum Gasteiger partial charge on any atom is 0.257 e. The molecule has 0 saturated carbocycles. The average Bonchev–Trinajstić information content (AvgIpc) is 2.87. The van der Waals surface area contributed by atoms with Crippen LogP contribution in [0.15, 0.2) is 24.3 Å². The number of aromatic nitrogens is 2. The summed E-state index contributed by atoms with van der Waals surface area (Å²) in [6, 6.07) is 7.45. The Morgan fingerprint density at radius 2 is 2.05 bits per heavy atom. The summed E-state index contributed by atoms with van der Waals surface area (Å²) < 4.78 is 0. The largest absolute Gasteiger partial charge is 0.378 e. The molecule has 1 amide bonds. The van der Waals surface area contributed by atoms with E-state index in [0.29, 0.717) is 16.6 Å². The van der Waals surface area contributed by atoms with Crippen molar-refractivity contribution in [1.29, 1.82) is 0 Å². The highest BCUT2D eigenvalue weighted by molar-refractivity contribution is 7.15. The Morgan fingerprint density at radius 3 is 2.65 bits per heavy atom. The zero-order valence-electron chi connectivity index (χ0n) is 12.0. The molecule has 0 atom stereocenters. The van der Waals surface area contributed by atoms with Crippen LogP contribution in [0.4, 0.5) is 10.8 Å². The molecule has 106 valence electrons. The quantitative estimate of drug-likeness (QED) is 0.940. The molecule has 1 aromatic carbocycles. The van der Waals surface area contributed by atoms with Gasteiger partial charge in [-0.25, -0.2) is 0 Å². The number of carbonyl (C=O) groups excluding carboxylic acids is 1. The Labute approximate surface area is 122 Å². The number of nitrogens with one attached hydrogen (secondary N) is 1. The van der Waals surface area contributed by atoms with Crippen molar-refractivity contribution in [3.63, 3.8) is 0 Å². The second kappa shape index (κ2) is 6.00. The third-order valence-corrected chi connectivity index (χ3v) is 3.92. The first-order valence-corrected chi connectivity index (χ1v) is 7.21. The normalized spacial score (nSPS) is 10.7. The van der Waals surface area contributed by atoms with Gasteiger partial charge in [-0.1, -0.05) is 31.3 Å². The van der Waals surface area contributed by atoms with Crippen LogP contribution < -0.4 is 10.2 Å². The molecule has 0 spiro atoms. The van der Waals surface area contributed by atoms with Gasteiger partial charge >= 0.3 is 0 Å². The Morgan fingerprint density at radius 1 is 1.30 bits per heavy atom. The van der Waals surface area contributed by atoms with Gasteiger partial charge in [0.15, 0.2) is 0 Å². The van der Waals surface area contributed by atoms with Crippen molar-refractivity contribution in [1.82, 2.24) is 10.2 Å².